The van der Waals surface area contributed by atoms with Gasteiger partial charge in [-0.15, -0.1) is 0 Å². The monoisotopic (exact) mass is 387 g/mol. The van der Waals surface area contributed by atoms with Crippen LogP contribution < -0.4 is 20.5 Å². The summed E-state index contributed by atoms with van der Waals surface area (Å²) in [6, 6.07) is 25.8. The van der Waals surface area contributed by atoms with Crippen molar-refractivity contribution in [3.63, 3.8) is 0 Å². The molecule has 5 heteroatoms. The van der Waals surface area contributed by atoms with E-state index in [0.29, 0.717) is 18.1 Å². The smallest absolute Gasteiger partial charge is 0.162 e. The average Bonchev–Trinajstić information content (AvgIpc) is 3.29. The molecule has 148 valence electrons. The van der Waals surface area contributed by atoms with Gasteiger partial charge >= 0.3 is 0 Å². The Labute approximate surface area is 171 Å². The second kappa shape index (κ2) is 9.15. The SMILES string of the molecule is Nc1ccc(COc2ccccc2OC(Cc2ccccc2)C2=NCCN2)cc1. The minimum absolute atomic E-state index is 0.193. The molecular formula is C24H25N3O2. The maximum absolute atomic E-state index is 6.40. The van der Waals surface area contributed by atoms with Crippen molar-refractivity contribution in [1.29, 1.82) is 0 Å². The van der Waals surface area contributed by atoms with Gasteiger partial charge in [-0.05, 0) is 35.4 Å². The zero-order valence-corrected chi connectivity index (χ0v) is 16.3. The molecule has 1 aliphatic heterocycles. The second-order valence-electron chi connectivity index (χ2n) is 6.97. The number of rotatable bonds is 8. The van der Waals surface area contributed by atoms with Crippen molar-refractivity contribution < 1.29 is 9.47 Å². The van der Waals surface area contributed by atoms with E-state index in [0.717, 1.165) is 36.6 Å². The van der Waals surface area contributed by atoms with Crippen LogP contribution in [0, 0.1) is 0 Å². The molecule has 0 amide bonds. The molecule has 1 atom stereocenters. The van der Waals surface area contributed by atoms with E-state index in [1.54, 1.807) is 0 Å². The number of benzene rings is 3. The molecule has 29 heavy (non-hydrogen) atoms. The zero-order valence-electron chi connectivity index (χ0n) is 16.3. The Morgan fingerprint density at radius 3 is 2.31 bits per heavy atom. The van der Waals surface area contributed by atoms with Gasteiger partial charge in [0.15, 0.2) is 17.6 Å². The normalized spacial score (nSPS) is 14.0. The van der Waals surface area contributed by atoms with Gasteiger partial charge in [0.05, 0.1) is 6.54 Å². The van der Waals surface area contributed by atoms with Crippen molar-refractivity contribution in [2.45, 2.75) is 19.1 Å². The first-order valence-corrected chi connectivity index (χ1v) is 9.83. The fourth-order valence-corrected chi connectivity index (χ4v) is 3.25. The van der Waals surface area contributed by atoms with Crippen LogP contribution in [-0.4, -0.2) is 25.0 Å². The molecule has 0 spiro atoms. The summed E-state index contributed by atoms with van der Waals surface area (Å²) in [4.78, 5) is 4.59. The molecule has 3 aromatic rings. The number of hydrogen-bond acceptors (Lipinski definition) is 5. The van der Waals surface area contributed by atoms with Crippen molar-refractivity contribution in [3.05, 3.63) is 90.0 Å². The number of hydrogen-bond donors (Lipinski definition) is 2. The summed E-state index contributed by atoms with van der Waals surface area (Å²) < 4.78 is 12.5. The molecule has 5 nitrogen and oxygen atoms in total. The number of nitrogens with zero attached hydrogens (tertiary/aromatic N) is 1. The maximum atomic E-state index is 6.40. The fourth-order valence-electron chi connectivity index (χ4n) is 3.25. The van der Waals surface area contributed by atoms with Gasteiger partial charge in [-0.1, -0.05) is 54.6 Å². The first-order chi connectivity index (χ1) is 14.3. The molecule has 0 fully saturated rings. The average molecular weight is 387 g/mol. The quantitative estimate of drug-likeness (QED) is 0.576. The summed E-state index contributed by atoms with van der Waals surface area (Å²) in [6.07, 6.45) is 0.542. The Morgan fingerprint density at radius 1 is 0.862 bits per heavy atom. The molecule has 0 bridgehead atoms. The van der Waals surface area contributed by atoms with Crippen molar-refractivity contribution in [1.82, 2.24) is 5.32 Å². The number of para-hydroxylation sites is 2. The van der Waals surface area contributed by atoms with Crippen molar-refractivity contribution >= 4 is 11.5 Å². The molecule has 3 aromatic carbocycles. The highest BCUT2D eigenvalue weighted by molar-refractivity contribution is 5.88. The molecule has 0 radical (unpaired) electrons. The second-order valence-corrected chi connectivity index (χ2v) is 6.97. The molecular weight excluding hydrogens is 362 g/mol. The third kappa shape index (κ3) is 5.08. The van der Waals surface area contributed by atoms with Crippen LogP contribution in [0.2, 0.25) is 0 Å². The van der Waals surface area contributed by atoms with Crippen molar-refractivity contribution in [2.75, 3.05) is 18.8 Å². The van der Waals surface area contributed by atoms with Gasteiger partial charge in [-0.2, -0.15) is 0 Å². The molecule has 1 heterocycles. The van der Waals surface area contributed by atoms with E-state index < -0.39 is 0 Å². The number of nitrogens with one attached hydrogen (secondary N) is 1. The van der Waals surface area contributed by atoms with Gasteiger partial charge in [0, 0.05) is 18.7 Å². The van der Waals surface area contributed by atoms with E-state index in [-0.39, 0.29) is 6.10 Å². The Hall–Kier alpha value is -3.47. The Morgan fingerprint density at radius 2 is 1.59 bits per heavy atom. The molecule has 0 saturated carbocycles. The topological polar surface area (TPSA) is 68.9 Å². The number of aliphatic imine (C=N–C) groups is 1. The van der Waals surface area contributed by atoms with E-state index in [1.807, 2.05) is 66.7 Å². The maximum Gasteiger partial charge on any atom is 0.162 e. The predicted molar refractivity (Wildman–Crippen MR) is 116 cm³/mol. The number of nitrogens with two attached hydrogens (primary N) is 1. The summed E-state index contributed by atoms with van der Waals surface area (Å²) in [5, 5.41) is 3.35. The Balaban J connectivity index is 1.50. The fraction of sp³-hybridized carbons (Fsp3) is 0.208. The van der Waals surface area contributed by atoms with Crippen LogP contribution in [0.15, 0.2) is 83.9 Å². The first-order valence-electron chi connectivity index (χ1n) is 9.83. The standard InChI is InChI=1S/C24H25N3O2/c25-20-12-10-19(11-13-20)17-28-21-8-4-5-9-22(21)29-23(24-26-14-15-27-24)16-18-6-2-1-3-7-18/h1-13,23H,14-17,25H2,(H,26,27). The van der Waals surface area contributed by atoms with Gasteiger partial charge in [-0.25, -0.2) is 0 Å². The van der Waals surface area contributed by atoms with Crippen LogP contribution in [-0.2, 0) is 13.0 Å². The summed E-state index contributed by atoms with van der Waals surface area (Å²) in [7, 11) is 0. The minimum atomic E-state index is -0.193. The minimum Gasteiger partial charge on any atom is -0.485 e. The van der Waals surface area contributed by atoms with Crippen LogP contribution in [0.3, 0.4) is 0 Å². The van der Waals surface area contributed by atoms with Gasteiger partial charge in [0.1, 0.15) is 12.4 Å². The van der Waals surface area contributed by atoms with E-state index in [2.05, 4.69) is 22.4 Å². The van der Waals surface area contributed by atoms with Gasteiger partial charge in [0.25, 0.3) is 0 Å². The number of amidine groups is 1. The molecule has 3 N–H and O–H groups in total. The molecule has 1 aliphatic rings. The first kappa shape index (κ1) is 18.9. The van der Waals surface area contributed by atoms with Crippen molar-refractivity contribution in [3.8, 4) is 11.5 Å². The Kier molecular flexibility index (Phi) is 5.95. The summed E-state index contributed by atoms with van der Waals surface area (Å²) in [6.45, 7) is 2.07. The molecule has 1 unspecified atom stereocenters. The van der Waals surface area contributed by atoms with E-state index in [1.165, 1.54) is 5.56 Å². The Bertz CT molecular complexity index is 955. The highest BCUT2D eigenvalue weighted by Gasteiger charge is 2.22. The van der Waals surface area contributed by atoms with E-state index in [9.17, 15) is 0 Å². The molecule has 0 saturated heterocycles. The number of ether oxygens (including phenoxy) is 2. The highest BCUT2D eigenvalue weighted by atomic mass is 16.5. The van der Waals surface area contributed by atoms with E-state index >= 15 is 0 Å². The van der Waals surface area contributed by atoms with Gasteiger partial charge < -0.3 is 20.5 Å². The van der Waals surface area contributed by atoms with Crippen LogP contribution in [0.1, 0.15) is 11.1 Å². The molecule has 0 aliphatic carbocycles. The van der Waals surface area contributed by atoms with Crippen LogP contribution in [0.5, 0.6) is 11.5 Å². The lowest BCUT2D eigenvalue weighted by atomic mass is 10.1. The summed E-state index contributed by atoms with van der Waals surface area (Å²) >= 11 is 0. The molecule has 0 aromatic heterocycles. The van der Waals surface area contributed by atoms with Crippen LogP contribution in [0.4, 0.5) is 5.69 Å². The summed E-state index contributed by atoms with van der Waals surface area (Å²) in [5.41, 5.74) is 8.76. The third-order valence-electron chi connectivity index (χ3n) is 4.76. The van der Waals surface area contributed by atoms with Gasteiger partial charge in [-0.3, -0.25) is 4.99 Å². The van der Waals surface area contributed by atoms with Crippen LogP contribution >= 0.6 is 0 Å². The van der Waals surface area contributed by atoms with E-state index in [4.69, 9.17) is 15.2 Å². The lowest BCUT2D eigenvalue weighted by molar-refractivity contribution is 0.233. The molecule has 4 rings (SSSR count). The van der Waals surface area contributed by atoms with Gasteiger partial charge in [0.2, 0.25) is 0 Å². The highest BCUT2D eigenvalue weighted by Crippen LogP contribution is 2.29. The lowest BCUT2D eigenvalue weighted by Crippen LogP contribution is -2.37. The van der Waals surface area contributed by atoms with Crippen LogP contribution in [0.25, 0.3) is 0 Å². The number of nitrogen functional groups attached to an aromatic ring is 1. The number of anilines is 1. The van der Waals surface area contributed by atoms with Crippen molar-refractivity contribution in [2.24, 2.45) is 4.99 Å². The summed E-state index contributed by atoms with van der Waals surface area (Å²) in [5.74, 6) is 2.31. The largest absolute Gasteiger partial charge is 0.485 e. The lowest BCUT2D eigenvalue weighted by Gasteiger charge is -2.21. The predicted octanol–water partition coefficient (Wildman–Crippen LogP) is 3.84. The third-order valence-corrected chi connectivity index (χ3v) is 4.76. The zero-order chi connectivity index (χ0) is 19.9.